The Kier molecular flexibility index (Phi) is 6.80. The molecule has 6 heteroatoms. The lowest BCUT2D eigenvalue weighted by atomic mass is 10.1. The largest absolute Gasteiger partial charge is 0.352 e. The predicted octanol–water partition coefficient (Wildman–Crippen LogP) is 3.49. The van der Waals surface area contributed by atoms with Crippen LogP contribution < -0.4 is 9.62 Å². The van der Waals surface area contributed by atoms with Gasteiger partial charge in [0.15, 0.2) is 0 Å². The van der Waals surface area contributed by atoms with Crippen LogP contribution in [0, 0.1) is 6.92 Å². The van der Waals surface area contributed by atoms with Crippen molar-refractivity contribution in [2.75, 3.05) is 17.1 Å². The van der Waals surface area contributed by atoms with Crippen molar-refractivity contribution < 1.29 is 13.2 Å². The van der Waals surface area contributed by atoms with Crippen LogP contribution >= 0.6 is 0 Å². The van der Waals surface area contributed by atoms with Crippen LogP contribution in [0.3, 0.4) is 0 Å². The summed E-state index contributed by atoms with van der Waals surface area (Å²) in [5.74, 6) is -0.108. The van der Waals surface area contributed by atoms with Crippen LogP contribution in [0.15, 0.2) is 48.5 Å². The van der Waals surface area contributed by atoms with Crippen molar-refractivity contribution in [1.29, 1.82) is 0 Å². The van der Waals surface area contributed by atoms with Crippen LogP contribution in [0.5, 0.6) is 0 Å². The summed E-state index contributed by atoms with van der Waals surface area (Å²) in [6.07, 6.45) is 3.17. The Morgan fingerprint density at radius 1 is 1.12 bits per heavy atom. The fraction of sp³-hybridized carbons (Fsp3) is 0.350. The second-order valence-corrected chi connectivity index (χ2v) is 8.32. The monoisotopic (exact) mass is 374 g/mol. The van der Waals surface area contributed by atoms with E-state index >= 15 is 0 Å². The fourth-order valence-electron chi connectivity index (χ4n) is 2.59. The van der Waals surface area contributed by atoms with Crippen molar-refractivity contribution in [3.63, 3.8) is 0 Å². The molecule has 0 atom stereocenters. The summed E-state index contributed by atoms with van der Waals surface area (Å²) in [7, 11) is -3.42. The number of aryl methyl sites for hydroxylation is 1. The molecule has 26 heavy (non-hydrogen) atoms. The number of sulfonamides is 1. The molecule has 2 aromatic carbocycles. The first-order valence-electron chi connectivity index (χ1n) is 8.73. The van der Waals surface area contributed by atoms with Crippen LogP contribution in [0.4, 0.5) is 5.69 Å². The van der Waals surface area contributed by atoms with Gasteiger partial charge in [-0.05, 0) is 48.7 Å². The first-order chi connectivity index (χ1) is 12.3. The zero-order valence-corrected chi connectivity index (χ0v) is 16.3. The van der Waals surface area contributed by atoms with Crippen LogP contribution in [-0.4, -0.2) is 27.1 Å². The highest BCUT2D eigenvalue weighted by Gasteiger charge is 2.18. The highest BCUT2D eigenvalue weighted by molar-refractivity contribution is 7.92. The Labute approximate surface area is 156 Å². The minimum atomic E-state index is -3.42. The lowest BCUT2D eigenvalue weighted by Gasteiger charge is -2.23. The van der Waals surface area contributed by atoms with Gasteiger partial charge in [0.2, 0.25) is 10.0 Å². The number of carbonyl (C=O) groups is 1. The molecule has 5 nitrogen and oxygen atoms in total. The molecule has 1 N–H and O–H groups in total. The summed E-state index contributed by atoms with van der Waals surface area (Å²) in [5, 5.41) is 2.87. The average Bonchev–Trinajstić information content (AvgIpc) is 2.59. The molecule has 0 aliphatic carbocycles. The lowest BCUT2D eigenvalue weighted by molar-refractivity contribution is 0.0953. The lowest BCUT2D eigenvalue weighted by Crippen LogP contribution is -2.29. The highest BCUT2D eigenvalue weighted by atomic mass is 32.2. The van der Waals surface area contributed by atoms with E-state index in [4.69, 9.17) is 0 Å². The zero-order chi connectivity index (χ0) is 19.2. The molecular formula is C20H26N2O3S. The van der Waals surface area contributed by atoms with Crippen molar-refractivity contribution in [1.82, 2.24) is 5.32 Å². The summed E-state index contributed by atoms with van der Waals surface area (Å²) < 4.78 is 25.8. The number of hydrogen-bond donors (Lipinski definition) is 1. The molecular weight excluding hydrogens is 348 g/mol. The van der Waals surface area contributed by atoms with E-state index in [2.05, 4.69) is 12.2 Å². The first kappa shape index (κ1) is 20.0. The highest BCUT2D eigenvalue weighted by Crippen LogP contribution is 2.21. The molecule has 0 fully saturated rings. The molecule has 0 heterocycles. The number of rotatable bonds is 8. The number of amides is 1. The molecule has 2 aromatic rings. The van der Waals surface area contributed by atoms with E-state index in [1.165, 1.54) is 10.6 Å². The number of nitrogens with zero attached hydrogens (tertiary/aromatic N) is 1. The van der Waals surface area contributed by atoms with E-state index in [1.54, 1.807) is 30.3 Å². The summed E-state index contributed by atoms with van der Waals surface area (Å²) >= 11 is 0. The molecule has 0 spiro atoms. The molecule has 0 saturated carbocycles. The van der Waals surface area contributed by atoms with E-state index in [-0.39, 0.29) is 12.5 Å². The third-order valence-electron chi connectivity index (χ3n) is 4.05. The summed E-state index contributed by atoms with van der Waals surface area (Å²) in [5.41, 5.74) is 3.03. The van der Waals surface area contributed by atoms with Crippen LogP contribution in [0.1, 0.15) is 41.3 Å². The van der Waals surface area contributed by atoms with Crippen LogP contribution in [0.25, 0.3) is 0 Å². The van der Waals surface area contributed by atoms with Crippen molar-refractivity contribution in [2.45, 2.75) is 33.2 Å². The summed E-state index contributed by atoms with van der Waals surface area (Å²) in [4.78, 5) is 12.1. The van der Waals surface area contributed by atoms with Crippen LogP contribution in [-0.2, 0) is 16.6 Å². The predicted molar refractivity (Wildman–Crippen MR) is 106 cm³/mol. The SMILES string of the molecule is CCCCNC(=O)c1ccc(CN(c2cccc(C)c2)S(C)(=O)=O)cc1. The number of hydrogen-bond acceptors (Lipinski definition) is 3. The van der Waals surface area contributed by atoms with E-state index in [0.717, 1.165) is 24.0 Å². The smallest absolute Gasteiger partial charge is 0.251 e. The molecule has 0 radical (unpaired) electrons. The minimum Gasteiger partial charge on any atom is -0.352 e. The van der Waals surface area contributed by atoms with E-state index in [9.17, 15) is 13.2 Å². The molecule has 0 unspecified atom stereocenters. The van der Waals surface area contributed by atoms with E-state index < -0.39 is 10.0 Å². The Hall–Kier alpha value is -2.34. The molecule has 0 aliphatic rings. The van der Waals surface area contributed by atoms with Crippen molar-refractivity contribution in [2.24, 2.45) is 0 Å². The second kappa shape index (κ2) is 8.85. The third-order valence-corrected chi connectivity index (χ3v) is 5.19. The van der Waals surface area contributed by atoms with Gasteiger partial charge in [-0.3, -0.25) is 9.10 Å². The van der Waals surface area contributed by atoms with Gasteiger partial charge < -0.3 is 5.32 Å². The fourth-order valence-corrected chi connectivity index (χ4v) is 3.47. The maximum Gasteiger partial charge on any atom is 0.251 e. The molecule has 2 rings (SSSR count). The van der Waals surface area contributed by atoms with Gasteiger partial charge >= 0.3 is 0 Å². The van der Waals surface area contributed by atoms with Crippen molar-refractivity contribution >= 4 is 21.6 Å². The van der Waals surface area contributed by atoms with Crippen molar-refractivity contribution in [3.05, 3.63) is 65.2 Å². The van der Waals surface area contributed by atoms with Gasteiger partial charge in [0.05, 0.1) is 18.5 Å². The topological polar surface area (TPSA) is 66.5 Å². The van der Waals surface area contributed by atoms with Gasteiger partial charge in [0, 0.05) is 12.1 Å². The summed E-state index contributed by atoms with van der Waals surface area (Å²) in [6, 6.07) is 14.4. The number of anilines is 1. The number of carbonyl (C=O) groups excluding carboxylic acids is 1. The molecule has 0 bridgehead atoms. The first-order valence-corrected chi connectivity index (χ1v) is 10.6. The van der Waals surface area contributed by atoms with Gasteiger partial charge in [-0.15, -0.1) is 0 Å². The minimum absolute atomic E-state index is 0.108. The Morgan fingerprint density at radius 3 is 2.38 bits per heavy atom. The molecule has 0 saturated heterocycles. The van der Waals surface area contributed by atoms with E-state index in [1.807, 2.05) is 25.1 Å². The number of nitrogens with one attached hydrogen (secondary N) is 1. The maximum absolute atomic E-state index is 12.2. The Bertz CT molecular complexity index is 846. The van der Waals surface area contributed by atoms with Crippen LogP contribution in [0.2, 0.25) is 0 Å². The molecule has 1 amide bonds. The van der Waals surface area contributed by atoms with Gasteiger partial charge in [0.1, 0.15) is 0 Å². The summed E-state index contributed by atoms with van der Waals surface area (Å²) in [6.45, 7) is 4.88. The number of unbranched alkanes of at least 4 members (excludes halogenated alkanes) is 1. The standard InChI is InChI=1S/C20H26N2O3S/c1-4-5-13-21-20(23)18-11-9-17(10-12-18)15-22(26(3,24)25)19-8-6-7-16(2)14-19/h6-12,14H,4-5,13,15H2,1-3H3,(H,21,23). The zero-order valence-electron chi connectivity index (χ0n) is 15.5. The normalized spacial score (nSPS) is 11.2. The van der Waals surface area contributed by atoms with Gasteiger partial charge in [-0.25, -0.2) is 8.42 Å². The van der Waals surface area contributed by atoms with E-state index in [0.29, 0.717) is 17.8 Å². The van der Waals surface area contributed by atoms with Gasteiger partial charge in [-0.2, -0.15) is 0 Å². The van der Waals surface area contributed by atoms with Gasteiger partial charge in [-0.1, -0.05) is 37.6 Å². The Morgan fingerprint density at radius 2 is 1.81 bits per heavy atom. The molecule has 0 aliphatic heterocycles. The third kappa shape index (κ3) is 5.59. The average molecular weight is 375 g/mol. The quantitative estimate of drug-likeness (QED) is 0.719. The molecule has 140 valence electrons. The maximum atomic E-state index is 12.2. The Balaban J connectivity index is 2.15. The molecule has 0 aromatic heterocycles. The van der Waals surface area contributed by atoms with Gasteiger partial charge in [0.25, 0.3) is 5.91 Å². The van der Waals surface area contributed by atoms with Crippen molar-refractivity contribution in [3.8, 4) is 0 Å². The number of benzene rings is 2. The second-order valence-electron chi connectivity index (χ2n) is 6.42.